The SMILES string of the molecule is CB1N(C)c2cccc(C)c2-c2n(C)cc[n+]21. The Morgan fingerprint density at radius 3 is 2.76 bits per heavy atom. The van der Waals surface area contributed by atoms with Crippen molar-refractivity contribution < 1.29 is 4.48 Å². The van der Waals surface area contributed by atoms with Gasteiger partial charge in [0, 0.05) is 5.69 Å². The number of benzene rings is 1. The Morgan fingerprint density at radius 1 is 1.24 bits per heavy atom. The third-order valence-corrected chi connectivity index (χ3v) is 3.85. The smallest absolute Gasteiger partial charge is 0.377 e. The van der Waals surface area contributed by atoms with Crippen molar-refractivity contribution in [3.05, 3.63) is 36.2 Å². The van der Waals surface area contributed by atoms with Crippen molar-refractivity contribution in [3.63, 3.8) is 0 Å². The Morgan fingerprint density at radius 2 is 2.00 bits per heavy atom. The van der Waals surface area contributed by atoms with E-state index >= 15 is 0 Å². The highest BCUT2D eigenvalue weighted by atomic mass is 15.2. The number of nitrogens with zero attached hydrogens (tertiary/aromatic N) is 3. The van der Waals surface area contributed by atoms with Crippen LogP contribution in [-0.4, -0.2) is 18.6 Å². The maximum Gasteiger partial charge on any atom is 0.497 e. The minimum atomic E-state index is 0.362. The average Bonchev–Trinajstić information content (AvgIpc) is 2.68. The van der Waals surface area contributed by atoms with Crippen LogP contribution in [-0.2, 0) is 7.05 Å². The molecule has 0 unspecified atom stereocenters. The Kier molecular flexibility index (Phi) is 2.08. The van der Waals surface area contributed by atoms with Crippen molar-refractivity contribution >= 4 is 12.7 Å². The maximum absolute atomic E-state index is 2.33. The van der Waals surface area contributed by atoms with E-state index in [1.807, 2.05) is 0 Å². The first kappa shape index (κ1) is 10.4. The fourth-order valence-electron chi connectivity index (χ4n) is 2.73. The molecule has 0 saturated carbocycles. The van der Waals surface area contributed by atoms with Crippen molar-refractivity contribution in [2.45, 2.75) is 13.7 Å². The van der Waals surface area contributed by atoms with Crippen LogP contribution in [0.5, 0.6) is 0 Å². The number of aryl methyl sites for hydroxylation is 2. The van der Waals surface area contributed by atoms with E-state index in [2.05, 4.69) is 72.3 Å². The Bertz CT molecular complexity index is 588. The molecule has 0 amide bonds. The van der Waals surface area contributed by atoms with Gasteiger partial charge in [0.1, 0.15) is 12.4 Å². The van der Waals surface area contributed by atoms with Gasteiger partial charge in [-0.1, -0.05) is 12.1 Å². The first-order valence-corrected chi connectivity index (χ1v) is 6.00. The van der Waals surface area contributed by atoms with Gasteiger partial charge in [0.2, 0.25) is 0 Å². The molecule has 0 atom stereocenters. The van der Waals surface area contributed by atoms with Gasteiger partial charge in [0.25, 0.3) is 5.82 Å². The third-order valence-electron chi connectivity index (χ3n) is 3.85. The molecule has 0 N–H and O–H groups in total. The summed E-state index contributed by atoms with van der Waals surface area (Å²) in [5, 5.41) is 0. The molecule has 1 aliphatic rings. The summed E-state index contributed by atoms with van der Waals surface area (Å²) in [6.07, 6.45) is 4.28. The summed E-state index contributed by atoms with van der Waals surface area (Å²) in [6, 6.07) is 6.52. The van der Waals surface area contributed by atoms with Gasteiger partial charge in [-0.05, 0) is 32.4 Å². The Labute approximate surface area is 102 Å². The Balaban J connectivity index is 2.39. The molecule has 17 heavy (non-hydrogen) atoms. The molecular formula is C13H17BN3+. The van der Waals surface area contributed by atoms with E-state index in [0.717, 1.165) is 0 Å². The molecule has 0 aliphatic carbocycles. The van der Waals surface area contributed by atoms with E-state index in [1.54, 1.807) is 0 Å². The topological polar surface area (TPSA) is 12.1 Å². The molecule has 3 nitrogen and oxygen atoms in total. The van der Waals surface area contributed by atoms with Crippen LogP contribution < -0.4 is 9.29 Å². The fourth-order valence-corrected chi connectivity index (χ4v) is 2.73. The van der Waals surface area contributed by atoms with Gasteiger partial charge in [-0.15, -0.1) is 0 Å². The lowest BCUT2D eigenvalue weighted by molar-refractivity contribution is -0.525. The summed E-state index contributed by atoms with van der Waals surface area (Å²) in [5.74, 6) is 1.30. The molecule has 1 aliphatic heterocycles. The maximum atomic E-state index is 2.33. The van der Waals surface area contributed by atoms with E-state index in [-0.39, 0.29) is 0 Å². The minimum absolute atomic E-state index is 0.362. The van der Waals surface area contributed by atoms with Gasteiger partial charge in [-0.25, -0.2) is 4.57 Å². The normalized spacial score (nSPS) is 13.6. The first-order chi connectivity index (χ1) is 8.11. The number of imidazole rings is 1. The molecule has 0 bridgehead atoms. The minimum Gasteiger partial charge on any atom is -0.377 e. The molecule has 3 rings (SSSR count). The van der Waals surface area contributed by atoms with Crippen LogP contribution in [0, 0.1) is 6.92 Å². The molecule has 4 heteroatoms. The summed E-state index contributed by atoms with van der Waals surface area (Å²) in [4.78, 5) is 2.33. The molecule has 2 heterocycles. The predicted molar refractivity (Wildman–Crippen MR) is 71.2 cm³/mol. The van der Waals surface area contributed by atoms with Gasteiger partial charge in [-0.3, -0.25) is 4.48 Å². The van der Waals surface area contributed by atoms with E-state index in [1.165, 1.54) is 22.6 Å². The van der Waals surface area contributed by atoms with Gasteiger partial charge in [0.15, 0.2) is 0 Å². The highest BCUT2D eigenvalue weighted by molar-refractivity contribution is 6.54. The number of hydrogen-bond acceptors (Lipinski definition) is 1. The van der Waals surface area contributed by atoms with Crippen LogP contribution in [0.25, 0.3) is 11.4 Å². The third kappa shape index (κ3) is 1.27. The second kappa shape index (κ2) is 3.39. The standard InChI is InChI=1S/C13H17BN3/c1-10-6-5-7-11-12(10)13-15(3)8-9-17(13)14(2)16(11)4/h5-9H,1-4H3/q+1. The quantitative estimate of drug-likeness (QED) is 0.622. The zero-order valence-corrected chi connectivity index (χ0v) is 10.8. The largest absolute Gasteiger partial charge is 0.497 e. The van der Waals surface area contributed by atoms with Crippen LogP contribution >= 0.6 is 0 Å². The van der Waals surface area contributed by atoms with Gasteiger partial charge in [0.05, 0.1) is 12.6 Å². The van der Waals surface area contributed by atoms with Crippen molar-refractivity contribution in [1.82, 2.24) is 4.57 Å². The molecule has 1 aromatic heterocycles. The van der Waals surface area contributed by atoms with Gasteiger partial charge in [-0.2, -0.15) is 0 Å². The van der Waals surface area contributed by atoms with Crippen LogP contribution in [0.2, 0.25) is 6.82 Å². The van der Waals surface area contributed by atoms with Crippen LogP contribution in [0.4, 0.5) is 5.69 Å². The predicted octanol–water partition coefficient (Wildman–Crippen LogP) is 1.70. The fraction of sp³-hybridized carbons (Fsp3) is 0.308. The summed E-state index contributed by atoms with van der Waals surface area (Å²) >= 11 is 0. The number of fused-ring (bicyclic) bond motifs is 3. The zero-order valence-electron chi connectivity index (χ0n) is 10.8. The Hall–Kier alpha value is -1.71. The van der Waals surface area contributed by atoms with Gasteiger partial charge >= 0.3 is 6.98 Å². The summed E-state index contributed by atoms with van der Waals surface area (Å²) in [7, 11) is 4.27. The highest BCUT2D eigenvalue weighted by Crippen LogP contribution is 2.34. The number of hydrogen-bond donors (Lipinski definition) is 0. The first-order valence-electron chi connectivity index (χ1n) is 6.00. The number of rotatable bonds is 0. The van der Waals surface area contributed by atoms with E-state index < -0.39 is 0 Å². The highest BCUT2D eigenvalue weighted by Gasteiger charge is 2.37. The van der Waals surface area contributed by atoms with Crippen molar-refractivity contribution in [1.29, 1.82) is 0 Å². The summed E-state index contributed by atoms with van der Waals surface area (Å²) < 4.78 is 4.53. The molecule has 1 aromatic carbocycles. The molecule has 0 radical (unpaired) electrons. The summed E-state index contributed by atoms with van der Waals surface area (Å²) in [5.41, 5.74) is 4.00. The molecule has 0 fully saturated rings. The monoisotopic (exact) mass is 226 g/mol. The zero-order chi connectivity index (χ0) is 12.2. The summed E-state index contributed by atoms with van der Waals surface area (Å²) in [6.45, 7) is 4.77. The van der Waals surface area contributed by atoms with Crippen molar-refractivity contribution in [2.75, 3.05) is 11.9 Å². The lowest BCUT2D eigenvalue weighted by Gasteiger charge is -2.29. The lowest BCUT2D eigenvalue weighted by Crippen LogP contribution is -2.62. The van der Waals surface area contributed by atoms with E-state index in [4.69, 9.17) is 0 Å². The lowest BCUT2D eigenvalue weighted by atomic mass is 9.73. The second-order valence-corrected chi connectivity index (χ2v) is 4.85. The second-order valence-electron chi connectivity index (χ2n) is 4.85. The van der Waals surface area contributed by atoms with Gasteiger partial charge < -0.3 is 4.81 Å². The van der Waals surface area contributed by atoms with Crippen molar-refractivity contribution in [2.24, 2.45) is 7.05 Å². The van der Waals surface area contributed by atoms with E-state index in [9.17, 15) is 0 Å². The molecule has 2 aromatic rings. The van der Waals surface area contributed by atoms with E-state index in [0.29, 0.717) is 6.98 Å². The van der Waals surface area contributed by atoms with Crippen LogP contribution in [0.3, 0.4) is 0 Å². The molecule has 0 spiro atoms. The molecule has 86 valence electrons. The van der Waals surface area contributed by atoms with Crippen LogP contribution in [0.1, 0.15) is 5.56 Å². The number of aromatic nitrogens is 2. The van der Waals surface area contributed by atoms with Crippen LogP contribution in [0.15, 0.2) is 30.6 Å². The average molecular weight is 226 g/mol. The molecular weight excluding hydrogens is 209 g/mol. The molecule has 0 saturated heterocycles. The number of anilines is 1. The van der Waals surface area contributed by atoms with Crippen molar-refractivity contribution in [3.8, 4) is 11.4 Å².